The highest BCUT2D eigenvalue weighted by atomic mass is 32.2. The van der Waals surface area contributed by atoms with Gasteiger partial charge in [0.2, 0.25) is 10.0 Å². The van der Waals surface area contributed by atoms with Crippen LogP contribution >= 0.6 is 0 Å². The van der Waals surface area contributed by atoms with E-state index in [9.17, 15) is 8.42 Å². The van der Waals surface area contributed by atoms with Gasteiger partial charge in [-0.05, 0) is 19.3 Å². The van der Waals surface area contributed by atoms with Crippen molar-refractivity contribution in [2.24, 2.45) is 0 Å². The van der Waals surface area contributed by atoms with Gasteiger partial charge in [-0.25, -0.2) is 13.1 Å². The molecule has 0 heterocycles. The van der Waals surface area contributed by atoms with E-state index in [1.165, 1.54) is 57.8 Å². The third kappa shape index (κ3) is 19.7. The van der Waals surface area contributed by atoms with Crippen LogP contribution in [0.3, 0.4) is 0 Å². The number of nitrogens with zero attached hydrogens (tertiary/aromatic N) is 1. The minimum atomic E-state index is -3.07. The minimum Gasteiger partial charge on any atom is -0.215 e. The average Bonchev–Trinajstić information content (AvgIpc) is 2.62. The number of hydrogen-bond donors (Lipinski definition) is 1. The van der Waals surface area contributed by atoms with Gasteiger partial charge in [0.1, 0.15) is 0 Å². The quantitative estimate of drug-likeness (QED) is 0.258. The highest BCUT2D eigenvalue weighted by Crippen LogP contribution is 2.10. The van der Waals surface area contributed by atoms with Crippen LogP contribution in [0.5, 0.6) is 0 Å². The number of rotatable bonds is 20. The van der Waals surface area contributed by atoms with Crippen LogP contribution in [-0.2, 0) is 10.0 Å². The van der Waals surface area contributed by atoms with Crippen molar-refractivity contribution in [3.63, 3.8) is 0 Å². The van der Waals surface area contributed by atoms with Gasteiger partial charge >= 0.3 is 0 Å². The van der Waals surface area contributed by atoms with Crippen molar-refractivity contribution in [2.75, 3.05) is 12.3 Å². The third-order valence-corrected chi connectivity index (χ3v) is 6.27. The summed E-state index contributed by atoms with van der Waals surface area (Å²) in [5.74, 6) is 0.282. The van der Waals surface area contributed by atoms with Crippen molar-refractivity contribution in [1.82, 2.24) is 4.72 Å². The van der Waals surface area contributed by atoms with Crippen molar-refractivity contribution in [1.29, 1.82) is 5.26 Å². The minimum absolute atomic E-state index is 0.282. The van der Waals surface area contributed by atoms with Crippen LogP contribution in [0.1, 0.15) is 116 Å². The van der Waals surface area contributed by atoms with Gasteiger partial charge in [0.25, 0.3) is 0 Å². The molecule has 0 spiro atoms. The Morgan fingerprint density at radius 3 is 1.69 bits per heavy atom. The fourth-order valence-electron chi connectivity index (χ4n) is 3.12. The molecule has 0 unspecified atom stereocenters. The van der Waals surface area contributed by atoms with E-state index in [0.717, 1.165) is 44.9 Å². The Kier molecular flexibility index (Phi) is 18.7. The molecule has 0 saturated heterocycles. The van der Waals surface area contributed by atoms with Crippen molar-refractivity contribution in [3.05, 3.63) is 0 Å². The number of hydrogen-bond acceptors (Lipinski definition) is 3. The smallest absolute Gasteiger partial charge is 0.211 e. The van der Waals surface area contributed by atoms with E-state index >= 15 is 0 Å². The molecule has 0 radical (unpaired) electrons. The first kappa shape index (κ1) is 25.4. The van der Waals surface area contributed by atoms with Crippen LogP contribution in [0, 0.1) is 11.3 Å². The van der Waals surface area contributed by atoms with Gasteiger partial charge in [-0.3, -0.25) is 0 Å². The average molecular weight is 387 g/mol. The molecule has 0 atom stereocenters. The van der Waals surface area contributed by atoms with Crippen LogP contribution in [-0.4, -0.2) is 20.7 Å². The second-order valence-corrected chi connectivity index (χ2v) is 9.35. The maximum atomic E-state index is 11.9. The monoisotopic (exact) mass is 386 g/mol. The molecule has 0 aromatic carbocycles. The van der Waals surface area contributed by atoms with Crippen LogP contribution in [0.15, 0.2) is 0 Å². The molecule has 0 aromatic heterocycles. The molecular weight excluding hydrogens is 344 g/mol. The van der Waals surface area contributed by atoms with Crippen molar-refractivity contribution < 1.29 is 8.42 Å². The van der Waals surface area contributed by atoms with Gasteiger partial charge in [0.15, 0.2) is 0 Å². The van der Waals surface area contributed by atoms with E-state index in [0.29, 0.717) is 13.0 Å². The van der Waals surface area contributed by atoms with E-state index in [1.54, 1.807) is 0 Å². The summed E-state index contributed by atoms with van der Waals surface area (Å²) < 4.78 is 26.6. The molecule has 0 saturated carbocycles. The Labute approximate surface area is 163 Å². The van der Waals surface area contributed by atoms with Gasteiger partial charge in [0.05, 0.1) is 11.8 Å². The lowest BCUT2D eigenvalue weighted by Crippen LogP contribution is -2.27. The molecule has 4 nitrogen and oxygen atoms in total. The zero-order valence-electron chi connectivity index (χ0n) is 17.1. The Hall–Kier alpha value is -0.600. The zero-order valence-corrected chi connectivity index (χ0v) is 17.9. The molecule has 0 aliphatic heterocycles. The molecule has 0 rings (SSSR count). The van der Waals surface area contributed by atoms with E-state index in [-0.39, 0.29) is 5.75 Å². The molecule has 0 aromatic rings. The van der Waals surface area contributed by atoms with Crippen molar-refractivity contribution in [3.8, 4) is 6.07 Å². The lowest BCUT2D eigenvalue weighted by Gasteiger charge is -2.07. The topological polar surface area (TPSA) is 70.0 Å². The molecule has 154 valence electrons. The lowest BCUT2D eigenvalue weighted by atomic mass is 10.1. The number of nitrogens with one attached hydrogen (secondary N) is 1. The molecule has 0 fully saturated rings. The molecule has 1 N–H and O–H groups in total. The molecule has 0 amide bonds. The summed E-state index contributed by atoms with van der Waals surface area (Å²) in [7, 11) is -3.07. The van der Waals surface area contributed by atoms with Crippen LogP contribution in [0.2, 0.25) is 0 Å². The first-order valence-electron chi connectivity index (χ1n) is 11.0. The van der Waals surface area contributed by atoms with E-state index in [1.807, 2.05) is 0 Å². The molecule has 5 heteroatoms. The summed E-state index contributed by atoms with van der Waals surface area (Å²) in [6, 6.07) is 2.18. The summed E-state index contributed by atoms with van der Waals surface area (Å²) in [6.45, 7) is 2.81. The fourth-order valence-corrected chi connectivity index (χ4v) is 4.30. The standard InChI is InChI=1S/C21H42N2O2S/c1-2-3-4-5-6-12-15-18-21-26(24,25)23-20-17-14-11-9-7-8-10-13-16-19-22/h23H,2-18,20-21H2,1H3. The van der Waals surface area contributed by atoms with Gasteiger partial charge in [-0.1, -0.05) is 90.4 Å². The fraction of sp³-hybridized carbons (Fsp3) is 0.952. The normalized spacial score (nSPS) is 11.5. The number of unbranched alkanes of at least 4 members (excludes halogenated alkanes) is 15. The highest BCUT2D eigenvalue weighted by molar-refractivity contribution is 7.89. The largest absolute Gasteiger partial charge is 0.215 e. The highest BCUT2D eigenvalue weighted by Gasteiger charge is 2.08. The Balaban J connectivity index is 3.35. The predicted molar refractivity (Wildman–Crippen MR) is 112 cm³/mol. The second kappa shape index (κ2) is 19.2. The SMILES string of the molecule is CCCCCCCCCCS(=O)(=O)NCCCCCCCCCCC#N. The Bertz CT molecular complexity index is 430. The van der Waals surface area contributed by atoms with Crippen LogP contribution in [0.4, 0.5) is 0 Å². The number of nitriles is 1. The van der Waals surface area contributed by atoms with Crippen molar-refractivity contribution >= 4 is 10.0 Å². The second-order valence-electron chi connectivity index (χ2n) is 7.42. The summed E-state index contributed by atoms with van der Waals surface area (Å²) in [6.07, 6.45) is 19.2. The third-order valence-electron chi connectivity index (χ3n) is 4.80. The van der Waals surface area contributed by atoms with Crippen molar-refractivity contribution in [2.45, 2.75) is 116 Å². The Morgan fingerprint density at radius 2 is 1.15 bits per heavy atom. The maximum Gasteiger partial charge on any atom is 0.211 e. The van der Waals surface area contributed by atoms with Gasteiger partial charge in [-0.2, -0.15) is 5.26 Å². The molecule has 26 heavy (non-hydrogen) atoms. The van der Waals surface area contributed by atoms with Crippen LogP contribution in [0.25, 0.3) is 0 Å². The summed E-state index contributed by atoms with van der Waals surface area (Å²) in [5, 5.41) is 8.46. The summed E-state index contributed by atoms with van der Waals surface area (Å²) in [5.41, 5.74) is 0. The maximum absolute atomic E-state index is 11.9. The summed E-state index contributed by atoms with van der Waals surface area (Å²) in [4.78, 5) is 0. The molecule has 0 aliphatic rings. The van der Waals surface area contributed by atoms with Gasteiger partial charge in [0, 0.05) is 13.0 Å². The lowest BCUT2D eigenvalue weighted by molar-refractivity contribution is 0.551. The predicted octanol–water partition coefficient (Wildman–Crippen LogP) is 6.08. The van der Waals surface area contributed by atoms with Gasteiger partial charge < -0.3 is 0 Å². The van der Waals surface area contributed by atoms with Gasteiger partial charge in [-0.15, -0.1) is 0 Å². The van der Waals surface area contributed by atoms with E-state index in [4.69, 9.17) is 5.26 Å². The number of sulfonamides is 1. The summed E-state index contributed by atoms with van der Waals surface area (Å²) >= 11 is 0. The van der Waals surface area contributed by atoms with Crippen LogP contribution < -0.4 is 4.72 Å². The zero-order chi connectivity index (χ0) is 19.3. The van der Waals surface area contributed by atoms with E-state index < -0.39 is 10.0 Å². The first-order chi connectivity index (χ1) is 12.6. The Morgan fingerprint density at radius 1 is 0.692 bits per heavy atom. The molecular formula is C21H42N2O2S. The first-order valence-corrected chi connectivity index (χ1v) is 12.6. The molecule has 0 aliphatic carbocycles. The molecule has 0 bridgehead atoms. The van der Waals surface area contributed by atoms with E-state index in [2.05, 4.69) is 17.7 Å².